The molecule has 0 aromatic heterocycles. The Morgan fingerprint density at radius 1 is 0.889 bits per heavy atom. The highest BCUT2D eigenvalue weighted by atomic mass is 16.5. The van der Waals surface area contributed by atoms with Crippen LogP contribution in [0.2, 0.25) is 0 Å². The van der Waals surface area contributed by atoms with Crippen molar-refractivity contribution >= 4 is 5.97 Å². The Hall–Kier alpha value is -1.05. The second kappa shape index (κ2) is 14.0. The summed E-state index contributed by atoms with van der Waals surface area (Å²) in [6.45, 7) is 4.03. The van der Waals surface area contributed by atoms with Gasteiger partial charge in [-0.05, 0) is 39.0 Å². The van der Waals surface area contributed by atoms with Crippen molar-refractivity contribution in [3.05, 3.63) is 24.3 Å². The summed E-state index contributed by atoms with van der Waals surface area (Å²) in [5.41, 5.74) is 0. The van der Waals surface area contributed by atoms with Gasteiger partial charge in [0, 0.05) is 6.92 Å². The summed E-state index contributed by atoms with van der Waals surface area (Å²) in [4.78, 5) is 10.5. The van der Waals surface area contributed by atoms with Crippen molar-refractivity contribution < 1.29 is 9.53 Å². The molecule has 0 N–H and O–H groups in total. The van der Waals surface area contributed by atoms with Crippen LogP contribution >= 0.6 is 0 Å². The van der Waals surface area contributed by atoms with Crippen LogP contribution in [-0.2, 0) is 9.53 Å². The summed E-state index contributed by atoms with van der Waals surface area (Å²) in [5.74, 6) is -0.193. The number of carbonyl (C=O) groups excluding carboxylic acids is 1. The van der Waals surface area contributed by atoms with Crippen LogP contribution < -0.4 is 0 Å². The summed E-state index contributed by atoms with van der Waals surface area (Å²) in [7, 11) is 0. The number of rotatable bonds is 11. The van der Waals surface area contributed by atoms with E-state index in [4.69, 9.17) is 4.74 Å². The Kier molecular flexibility index (Phi) is 13.2. The molecule has 104 valence electrons. The van der Waals surface area contributed by atoms with Gasteiger partial charge in [0.1, 0.15) is 0 Å². The molecule has 0 fully saturated rings. The molecule has 0 aromatic carbocycles. The van der Waals surface area contributed by atoms with Crippen LogP contribution in [0.25, 0.3) is 0 Å². The number of carbonyl (C=O) groups is 1. The normalized spacial score (nSPS) is 11.4. The first-order valence-electron chi connectivity index (χ1n) is 7.17. The minimum absolute atomic E-state index is 0.193. The van der Waals surface area contributed by atoms with E-state index in [-0.39, 0.29) is 5.97 Å². The third-order valence-electron chi connectivity index (χ3n) is 2.73. The predicted octanol–water partition coefficient (Wildman–Crippen LogP) is 4.80. The molecule has 0 rings (SSSR count). The fourth-order valence-corrected chi connectivity index (χ4v) is 1.73. The molecule has 0 saturated carbocycles. The van der Waals surface area contributed by atoms with E-state index in [9.17, 15) is 4.79 Å². The second-order valence-electron chi connectivity index (χ2n) is 4.51. The van der Waals surface area contributed by atoms with Gasteiger partial charge in [0.2, 0.25) is 0 Å². The van der Waals surface area contributed by atoms with E-state index in [1.165, 1.54) is 45.4 Å². The lowest BCUT2D eigenvalue weighted by atomic mass is 10.1. The molecule has 0 amide bonds. The highest BCUT2D eigenvalue weighted by Crippen LogP contribution is 2.08. The van der Waals surface area contributed by atoms with Crippen molar-refractivity contribution in [2.45, 2.75) is 65.2 Å². The zero-order valence-electron chi connectivity index (χ0n) is 12.0. The van der Waals surface area contributed by atoms with Crippen molar-refractivity contribution in [2.24, 2.45) is 0 Å². The number of hydrogen-bond acceptors (Lipinski definition) is 2. The van der Waals surface area contributed by atoms with Crippen LogP contribution in [0, 0.1) is 0 Å². The van der Waals surface area contributed by atoms with Crippen molar-refractivity contribution in [1.29, 1.82) is 0 Å². The molecule has 0 atom stereocenters. The first kappa shape index (κ1) is 16.9. The van der Waals surface area contributed by atoms with E-state index in [2.05, 4.69) is 31.2 Å². The lowest BCUT2D eigenvalue weighted by molar-refractivity contribution is -0.140. The molecule has 0 aromatic rings. The Morgan fingerprint density at radius 3 is 2.06 bits per heavy atom. The van der Waals surface area contributed by atoms with Crippen LogP contribution in [0.15, 0.2) is 24.3 Å². The summed E-state index contributed by atoms with van der Waals surface area (Å²) >= 11 is 0. The quantitative estimate of drug-likeness (QED) is 0.300. The van der Waals surface area contributed by atoms with Gasteiger partial charge in [-0.1, -0.05) is 43.6 Å². The third kappa shape index (κ3) is 14.9. The fraction of sp³-hybridized carbons (Fsp3) is 0.688. The van der Waals surface area contributed by atoms with Gasteiger partial charge in [-0.25, -0.2) is 0 Å². The number of unbranched alkanes of at least 4 members (excludes halogenated alkanes) is 6. The van der Waals surface area contributed by atoms with E-state index < -0.39 is 0 Å². The number of esters is 1. The third-order valence-corrected chi connectivity index (χ3v) is 2.73. The predicted molar refractivity (Wildman–Crippen MR) is 77.5 cm³/mol. The van der Waals surface area contributed by atoms with Crippen LogP contribution in [0.3, 0.4) is 0 Å². The van der Waals surface area contributed by atoms with Gasteiger partial charge in [0.05, 0.1) is 6.61 Å². The zero-order chi connectivity index (χ0) is 13.5. The Labute approximate surface area is 112 Å². The van der Waals surface area contributed by atoms with Crippen LogP contribution in [0.1, 0.15) is 65.2 Å². The molecule has 18 heavy (non-hydrogen) atoms. The molecule has 0 aliphatic heterocycles. The van der Waals surface area contributed by atoms with Crippen LogP contribution in [0.5, 0.6) is 0 Å². The molecular formula is C16H28O2. The lowest BCUT2D eigenvalue weighted by Gasteiger charge is -1.98. The number of allylic oxidation sites excluding steroid dienone is 3. The van der Waals surface area contributed by atoms with E-state index in [1.807, 2.05) is 0 Å². The maximum atomic E-state index is 10.5. The first-order chi connectivity index (χ1) is 8.77. The Morgan fingerprint density at radius 2 is 1.44 bits per heavy atom. The van der Waals surface area contributed by atoms with Gasteiger partial charge in [0.25, 0.3) is 0 Å². The Balaban J connectivity index is 3.10. The molecule has 0 bridgehead atoms. The fourth-order valence-electron chi connectivity index (χ4n) is 1.73. The molecule has 0 spiro atoms. The van der Waals surface area contributed by atoms with Gasteiger partial charge < -0.3 is 4.74 Å². The Bertz CT molecular complexity index is 241. The molecule has 0 unspecified atom stereocenters. The summed E-state index contributed by atoms with van der Waals surface area (Å²) in [6, 6.07) is 0. The zero-order valence-corrected chi connectivity index (χ0v) is 12.0. The number of ether oxygens (including phenoxy) is 1. The maximum absolute atomic E-state index is 10.5. The van der Waals surface area contributed by atoms with Crippen molar-refractivity contribution in [3.63, 3.8) is 0 Å². The van der Waals surface area contributed by atoms with Crippen LogP contribution in [0.4, 0.5) is 0 Å². The average Bonchev–Trinajstić information content (AvgIpc) is 2.34. The van der Waals surface area contributed by atoms with Crippen molar-refractivity contribution in [2.75, 3.05) is 6.61 Å². The standard InChI is InChI=1S/C16H28O2/c1-3-4-5-6-7-8-9-10-11-12-13-14-15-18-16(2)17/h3-4,12-13H,5-11,14-15H2,1-2H3/b4-3+,13-12+. The molecule has 2 heteroatoms. The maximum Gasteiger partial charge on any atom is 0.302 e. The van der Waals surface area contributed by atoms with Gasteiger partial charge in [0.15, 0.2) is 0 Å². The van der Waals surface area contributed by atoms with Gasteiger partial charge >= 0.3 is 5.97 Å². The lowest BCUT2D eigenvalue weighted by Crippen LogP contribution is -1.98. The first-order valence-corrected chi connectivity index (χ1v) is 7.17. The summed E-state index contributed by atoms with van der Waals surface area (Å²) < 4.78 is 4.84. The smallest absolute Gasteiger partial charge is 0.302 e. The number of hydrogen-bond donors (Lipinski definition) is 0. The molecule has 0 saturated heterocycles. The topological polar surface area (TPSA) is 26.3 Å². The van der Waals surface area contributed by atoms with Gasteiger partial charge in [-0.3, -0.25) is 4.79 Å². The van der Waals surface area contributed by atoms with Crippen LogP contribution in [-0.4, -0.2) is 12.6 Å². The minimum Gasteiger partial charge on any atom is -0.466 e. The summed E-state index contributed by atoms with van der Waals surface area (Å²) in [6.07, 6.45) is 18.5. The minimum atomic E-state index is -0.193. The molecular weight excluding hydrogens is 224 g/mol. The van der Waals surface area contributed by atoms with Gasteiger partial charge in [-0.15, -0.1) is 0 Å². The van der Waals surface area contributed by atoms with E-state index >= 15 is 0 Å². The monoisotopic (exact) mass is 252 g/mol. The second-order valence-corrected chi connectivity index (χ2v) is 4.51. The molecule has 2 nitrogen and oxygen atoms in total. The average molecular weight is 252 g/mol. The van der Waals surface area contributed by atoms with Gasteiger partial charge in [-0.2, -0.15) is 0 Å². The highest BCUT2D eigenvalue weighted by Gasteiger charge is 1.90. The van der Waals surface area contributed by atoms with Crippen molar-refractivity contribution in [3.8, 4) is 0 Å². The molecule has 0 heterocycles. The molecule has 0 aliphatic rings. The highest BCUT2D eigenvalue weighted by molar-refractivity contribution is 5.65. The van der Waals surface area contributed by atoms with Crippen molar-refractivity contribution in [1.82, 2.24) is 0 Å². The van der Waals surface area contributed by atoms with E-state index in [0.717, 1.165) is 12.8 Å². The SMILES string of the molecule is C/C=C/CCCCCCC/C=C/CCOC(C)=O. The molecule has 0 radical (unpaired) electrons. The molecule has 0 aliphatic carbocycles. The van der Waals surface area contributed by atoms with E-state index in [1.54, 1.807) is 0 Å². The largest absolute Gasteiger partial charge is 0.466 e. The van der Waals surface area contributed by atoms with E-state index in [0.29, 0.717) is 6.61 Å². The summed E-state index contributed by atoms with van der Waals surface area (Å²) in [5, 5.41) is 0.